The second-order valence-electron chi connectivity index (χ2n) is 5.19. The molecule has 0 aliphatic heterocycles. The van der Waals surface area contributed by atoms with Crippen molar-refractivity contribution in [2.45, 2.75) is 0 Å². The summed E-state index contributed by atoms with van der Waals surface area (Å²) in [5.41, 5.74) is 1.25. The number of anilines is 1. The van der Waals surface area contributed by atoms with E-state index in [0.717, 1.165) is 10.8 Å². The van der Waals surface area contributed by atoms with Crippen LogP contribution in [0.5, 0.6) is 0 Å². The molecule has 0 heterocycles. The van der Waals surface area contributed by atoms with Gasteiger partial charge in [0.15, 0.2) is 0 Å². The molecule has 122 valence electrons. The number of aliphatic imine (C=N–C) groups is 1. The first-order valence-corrected chi connectivity index (χ1v) is 7.76. The molecule has 3 aromatic carbocycles. The lowest BCUT2D eigenvalue weighted by molar-refractivity contribution is 0.0692. The Morgan fingerprint density at radius 1 is 0.920 bits per heavy atom. The fourth-order valence-electron chi connectivity index (χ4n) is 2.61. The summed E-state index contributed by atoms with van der Waals surface area (Å²) in [5, 5.41) is 15.9. The number of hydrogen-bond donors (Lipinski definition) is 2. The number of benzene rings is 3. The molecule has 2 N–H and O–H groups in total. The Balaban J connectivity index is 2.04. The molecule has 0 radical (unpaired) electrons. The molecule has 5 nitrogen and oxygen atoms in total. The highest BCUT2D eigenvalue weighted by Crippen LogP contribution is 2.31. The molecule has 25 heavy (non-hydrogen) atoms. The minimum Gasteiger partial charge on any atom is -0.478 e. The van der Waals surface area contributed by atoms with Gasteiger partial charge in [-0.25, -0.2) is 4.79 Å². The van der Waals surface area contributed by atoms with E-state index in [9.17, 15) is 14.7 Å². The number of nitrogens with zero attached hydrogens (tertiary/aromatic N) is 1. The molecule has 0 saturated heterocycles. The van der Waals surface area contributed by atoms with E-state index in [1.165, 1.54) is 12.1 Å². The van der Waals surface area contributed by atoms with Crippen LogP contribution in [0, 0.1) is 0 Å². The third-order valence-corrected chi connectivity index (χ3v) is 3.81. The molecule has 3 aromatic rings. The smallest absolute Gasteiger partial charge is 0.336 e. The summed E-state index contributed by atoms with van der Waals surface area (Å²) >= 11 is 4.66. The number of aromatic carboxylic acids is 1. The van der Waals surface area contributed by atoms with Crippen LogP contribution >= 0.6 is 12.2 Å². The van der Waals surface area contributed by atoms with Crippen LogP contribution in [0.15, 0.2) is 65.7 Å². The van der Waals surface area contributed by atoms with E-state index in [-0.39, 0.29) is 11.1 Å². The van der Waals surface area contributed by atoms with E-state index in [4.69, 9.17) is 0 Å². The summed E-state index contributed by atoms with van der Waals surface area (Å²) in [6.07, 6.45) is 0. The second-order valence-corrected chi connectivity index (χ2v) is 5.37. The summed E-state index contributed by atoms with van der Waals surface area (Å²) in [6.45, 7) is 0. The summed E-state index contributed by atoms with van der Waals surface area (Å²) in [6, 6.07) is 16.9. The third kappa shape index (κ3) is 3.30. The molecule has 0 atom stereocenters. The number of carbonyl (C=O) groups is 2. The van der Waals surface area contributed by atoms with Gasteiger partial charge in [-0.1, -0.05) is 36.4 Å². The van der Waals surface area contributed by atoms with Gasteiger partial charge in [-0.3, -0.25) is 4.79 Å². The van der Waals surface area contributed by atoms with Crippen molar-refractivity contribution in [3.8, 4) is 0 Å². The summed E-state index contributed by atoms with van der Waals surface area (Å²) in [7, 11) is 0. The van der Waals surface area contributed by atoms with E-state index >= 15 is 0 Å². The van der Waals surface area contributed by atoms with Crippen molar-refractivity contribution in [1.29, 1.82) is 0 Å². The molecule has 0 unspecified atom stereocenters. The van der Waals surface area contributed by atoms with Gasteiger partial charge < -0.3 is 10.4 Å². The maximum absolute atomic E-state index is 12.6. The first kappa shape index (κ1) is 16.5. The zero-order valence-electron chi connectivity index (χ0n) is 12.9. The molecule has 1 amide bonds. The summed E-state index contributed by atoms with van der Waals surface area (Å²) in [4.78, 5) is 27.9. The molecule has 0 fully saturated rings. The number of carboxylic acid groups (broad SMARTS) is 1. The van der Waals surface area contributed by atoms with Gasteiger partial charge in [0.25, 0.3) is 5.91 Å². The number of nitrogens with one attached hydrogen (secondary N) is 1. The van der Waals surface area contributed by atoms with Crippen molar-refractivity contribution in [3.05, 3.63) is 71.8 Å². The van der Waals surface area contributed by atoms with Crippen molar-refractivity contribution in [1.82, 2.24) is 0 Å². The van der Waals surface area contributed by atoms with E-state index in [2.05, 4.69) is 27.7 Å². The van der Waals surface area contributed by atoms with Gasteiger partial charge >= 0.3 is 5.97 Å². The normalized spacial score (nSPS) is 10.1. The fourth-order valence-corrected chi connectivity index (χ4v) is 2.70. The zero-order valence-corrected chi connectivity index (χ0v) is 13.7. The van der Waals surface area contributed by atoms with E-state index in [1.807, 2.05) is 12.1 Å². The lowest BCUT2D eigenvalue weighted by atomic mass is 10.0. The largest absolute Gasteiger partial charge is 0.478 e. The van der Waals surface area contributed by atoms with E-state index in [0.29, 0.717) is 11.4 Å². The monoisotopic (exact) mass is 348 g/mol. The number of hydrogen-bond acceptors (Lipinski definition) is 4. The fraction of sp³-hybridized carbons (Fsp3) is 0. The molecule has 0 aliphatic rings. The highest BCUT2D eigenvalue weighted by Gasteiger charge is 2.16. The maximum Gasteiger partial charge on any atom is 0.336 e. The van der Waals surface area contributed by atoms with Crippen LogP contribution in [-0.4, -0.2) is 22.1 Å². The highest BCUT2D eigenvalue weighted by atomic mass is 32.1. The number of isothiocyanates is 1. The summed E-state index contributed by atoms with van der Waals surface area (Å²) < 4.78 is 0. The number of carbonyl (C=O) groups excluding carboxylic acids is 1. The zero-order chi connectivity index (χ0) is 17.8. The Hall–Kier alpha value is -3.34. The molecular weight excluding hydrogens is 336 g/mol. The van der Waals surface area contributed by atoms with Gasteiger partial charge in [0.1, 0.15) is 0 Å². The van der Waals surface area contributed by atoms with Crippen LogP contribution in [0.4, 0.5) is 11.4 Å². The van der Waals surface area contributed by atoms with Gasteiger partial charge in [-0.15, -0.1) is 0 Å². The van der Waals surface area contributed by atoms with E-state index < -0.39 is 11.9 Å². The predicted octanol–water partition coefficient (Wildman–Crippen LogP) is 4.52. The summed E-state index contributed by atoms with van der Waals surface area (Å²) in [5.74, 6) is -1.64. The average Bonchev–Trinajstić information content (AvgIpc) is 2.62. The van der Waals surface area contributed by atoms with Crippen LogP contribution in [0.3, 0.4) is 0 Å². The Morgan fingerprint density at radius 3 is 2.32 bits per heavy atom. The minimum atomic E-state index is -1.15. The topological polar surface area (TPSA) is 78.8 Å². The van der Waals surface area contributed by atoms with Gasteiger partial charge in [0, 0.05) is 16.5 Å². The van der Waals surface area contributed by atoms with Crippen LogP contribution in [0.25, 0.3) is 10.8 Å². The lowest BCUT2D eigenvalue weighted by Gasteiger charge is -2.11. The van der Waals surface area contributed by atoms with Crippen LogP contribution < -0.4 is 5.32 Å². The molecule has 0 bridgehead atoms. The first-order valence-electron chi connectivity index (χ1n) is 7.35. The molecule has 0 aliphatic carbocycles. The Labute approximate surface area is 148 Å². The average molecular weight is 348 g/mol. The van der Waals surface area contributed by atoms with Crippen molar-refractivity contribution < 1.29 is 14.7 Å². The lowest BCUT2D eigenvalue weighted by Crippen LogP contribution is -2.16. The molecule has 6 heteroatoms. The van der Waals surface area contributed by atoms with Crippen molar-refractivity contribution in [2.75, 3.05) is 5.32 Å². The van der Waals surface area contributed by atoms with Gasteiger partial charge in [0.05, 0.1) is 22.0 Å². The molecule has 3 rings (SSSR count). The number of amides is 1. The Kier molecular flexibility index (Phi) is 4.66. The standard InChI is InChI=1S/C19H12N2O3S/c22-18(14-5-1-2-6-15(14)19(23)24)21-17-10-4-7-12-13(17)8-3-9-16(12)20-11-25/h1-10H,(H,21,22)(H,23,24). The number of carboxylic acids is 1. The second kappa shape index (κ2) is 7.05. The number of fused-ring (bicyclic) bond motifs is 1. The Bertz CT molecular complexity index is 1040. The quantitative estimate of drug-likeness (QED) is 0.536. The van der Waals surface area contributed by atoms with Gasteiger partial charge in [-0.2, -0.15) is 4.99 Å². The van der Waals surface area contributed by atoms with Crippen molar-refractivity contribution >= 4 is 51.4 Å². The number of thiocarbonyl (C=S) groups is 1. The van der Waals surface area contributed by atoms with Gasteiger partial charge in [0.2, 0.25) is 0 Å². The SMILES string of the molecule is O=C(O)c1ccccc1C(=O)Nc1cccc2c(N=C=S)cccc12. The number of rotatable bonds is 4. The van der Waals surface area contributed by atoms with Crippen molar-refractivity contribution in [2.24, 2.45) is 4.99 Å². The van der Waals surface area contributed by atoms with Crippen LogP contribution in [0.2, 0.25) is 0 Å². The Morgan fingerprint density at radius 2 is 1.60 bits per heavy atom. The highest BCUT2D eigenvalue weighted by molar-refractivity contribution is 7.78. The van der Waals surface area contributed by atoms with E-state index in [1.54, 1.807) is 36.4 Å². The first-order chi connectivity index (χ1) is 12.1. The van der Waals surface area contributed by atoms with Crippen molar-refractivity contribution in [3.63, 3.8) is 0 Å². The van der Waals surface area contributed by atoms with Gasteiger partial charge in [-0.05, 0) is 36.5 Å². The molecular formula is C19H12N2O3S. The maximum atomic E-state index is 12.6. The van der Waals surface area contributed by atoms with Crippen LogP contribution in [-0.2, 0) is 0 Å². The molecule has 0 spiro atoms. The molecule has 0 aromatic heterocycles. The predicted molar refractivity (Wildman–Crippen MR) is 100.0 cm³/mol. The third-order valence-electron chi connectivity index (χ3n) is 3.72. The molecule has 0 saturated carbocycles. The van der Waals surface area contributed by atoms with Crippen LogP contribution in [0.1, 0.15) is 20.7 Å². The minimum absolute atomic E-state index is 0.0498.